The Balaban J connectivity index is 1.44. The van der Waals surface area contributed by atoms with Crippen LogP contribution < -0.4 is 10.9 Å². The number of nitrogens with zero attached hydrogens (tertiary/aromatic N) is 1. The average molecular weight is 374 g/mol. The van der Waals surface area contributed by atoms with E-state index in [1.54, 1.807) is 22.7 Å². The summed E-state index contributed by atoms with van der Waals surface area (Å²) in [6.07, 6.45) is 3.91. The van der Waals surface area contributed by atoms with Crippen molar-refractivity contribution in [2.24, 2.45) is 0 Å². The lowest BCUT2D eigenvalue weighted by atomic mass is 10.2. The van der Waals surface area contributed by atoms with Gasteiger partial charge in [0.2, 0.25) is 5.91 Å². The molecule has 5 nitrogen and oxygen atoms in total. The molecule has 130 valence electrons. The fourth-order valence-electron chi connectivity index (χ4n) is 3.32. The number of carbonyl (C=O) groups excluding carboxylic acids is 1. The normalized spacial score (nSPS) is 14.6. The highest BCUT2D eigenvalue weighted by molar-refractivity contribution is 7.18. The summed E-state index contributed by atoms with van der Waals surface area (Å²) in [6, 6.07) is 3.99. The van der Waals surface area contributed by atoms with Crippen molar-refractivity contribution in [2.45, 2.75) is 45.1 Å². The first-order chi connectivity index (χ1) is 12.1. The van der Waals surface area contributed by atoms with Crippen LogP contribution in [-0.4, -0.2) is 15.9 Å². The van der Waals surface area contributed by atoms with Crippen LogP contribution in [-0.2, 0) is 24.1 Å². The molecule has 25 heavy (non-hydrogen) atoms. The minimum Gasteiger partial charge on any atom is -0.349 e. The van der Waals surface area contributed by atoms with Crippen LogP contribution in [0.25, 0.3) is 10.2 Å². The second-order valence-electron chi connectivity index (χ2n) is 6.35. The van der Waals surface area contributed by atoms with Crippen LogP contribution in [0.2, 0.25) is 0 Å². The Kier molecular flexibility index (Phi) is 4.43. The summed E-state index contributed by atoms with van der Waals surface area (Å²) in [6.45, 7) is 1.98. The molecule has 0 saturated carbocycles. The summed E-state index contributed by atoms with van der Waals surface area (Å²) < 4.78 is 0. The van der Waals surface area contributed by atoms with Crippen molar-refractivity contribution in [1.82, 2.24) is 15.3 Å². The number of aryl methyl sites for hydroxylation is 3. The number of amides is 1. The Morgan fingerprint density at radius 1 is 1.44 bits per heavy atom. The molecule has 0 saturated heterocycles. The largest absolute Gasteiger partial charge is 0.349 e. The van der Waals surface area contributed by atoms with Crippen LogP contribution in [0.4, 0.5) is 0 Å². The smallest absolute Gasteiger partial charge is 0.259 e. The van der Waals surface area contributed by atoms with Crippen molar-refractivity contribution in [3.05, 3.63) is 49.0 Å². The predicted octanol–water partition coefficient (Wildman–Crippen LogP) is 3.34. The van der Waals surface area contributed by atoms with Crippen molar-refractivity contribution >= 4 is 38.8 Å². The van der Waals surface area contributed by atoms with Crippen LogP contribution in [0.5, 0.6) is 0 Å². The molecule has 7 heteroatoms. The van der Waals surface area contributed by atoms with Gasteiger partial charge in [-0.25, -0.2) is 4.98 Å². The van der Waals surface area contributed by atoms with Crippen molar-refractivity contribution in [1.29, 1.82) is 0 Å². The number of carbonyl (C=O) groups is 1. The standard InChI is InChI=1S/C18H19N3O2S2/c1-10(12-6-3-9-24-12)19-15(22)8-7-14-20-17(23)16-11-4-2-5-13(11)25-18(16)21-14/h3,6,9-10H,2,4-5,7-8H2,1H3,(H,19,22)(H,20,21,23). The van der Waals surface area contributed by atoms with E-state index in [4.69, 9.17) is 0 Å². The second-order valence-corrected chi connectivity index (χ2v) is 8.42. The molecule has 1 amide bonds. The number of hydrogen-bond donors (Lipinski definition) is 2. The molecule has 0 aromatic carbocycles. The van der Waals surface area contributed by atoms with Gasteiger partial charge in [0.1, 0.15) is 10.7 Å². The van der Waals surface area contributed by atoms with E-state index in [2.05, 4.69) is 15.3 Å². The minimum atomic E-state index is -0.0632. The van der Waals surface area contributed by atoms with Crippen LogP contribution in [0, 0.1) is 0 Å². The van der Waals surface area contributed by atoms with E-state index in [9.17, 15) is 9.59 Å². The third-order valence-electron chi connectivity index (χ3n) is 4.56. The summed E-state index contributed by atoms with van der Waals surface area (Å²) in [5.74, 6) is 0.564. The van der Waals surface area contributed by atoms with Crippen molar-refractivity contribution < 1.29 is 4.79 Å². The molecular weight excluding hydrogens is 354 g/mol. The average Bonchev–Trinajstić information content (AvgIpc) is 3.28. The number of fused-ring (bicyclic) bond motifs is 3. The molecule has 4 rings (SSSR count). The number of H-pyrrole nitrogens is 1. The highest BCUT2D eigenvalue weighted by Crippen LogP contribution is 2.34. The Labute approximate surface area is 153 Å². The van der Waals surface area contributed by atoms with Crippen molar-refractivity contribution in [2.75, 3.05) is 0 Å². The highest BCUT2D eigenvalue weighted by atomic mass is 32.1. The number of rotatable bonds is 5. The summed E-state index contributed by atoms with van der Waals surface area (Å²) in [4.78, 5) is 35.3. The van der Waals surface area contributed by atoms with Gasteiger partial charge in [0, 0.05) is 22.6 Å². The Hall–Kier alpha value is -1.99. The van der Waals surface area contributed by atoms with E-state index in [0.29, 0.717) is 18.7 Å². The topological polar surface area (TPSA) is 74.8 Å². The summed E-state index contributed by atoms with van der Waals surface area (Å²) >= 11 is 3.26. The quantitative estimate of drug-likeness (QED) is 0.720. The van der Waals surface area contributed by atoms with E-state index in [-0.39, 0.29) is 17.5 Å². The molecule has 3 aromatic heterocycles. The van der Waals surface area contributed by atoms with Gasteiger partial charge >= 0.3 is 0 Å². The summed E-state index contributed by atoms with van der Waals surface area (Å²) in [5, 5.41) is 5.75. The van der Waals surface area contributed by atoms with E-state index in [1.807, 2.05) is 24.4 Å². The summed E-state index contributed by atoms with van der Waals surface area (Å²) in [7, 11) is 0. The molecule has 0 fully saturated rings. The van der Waals surface area contributed by atoms with Crippen LogP contribution >= 0.6 is 22.7 Å². The first kappa shape index (κ1) is 16.5. The van der Waals surface area contributed by atoms with Gasteiger partial charge in [0.15, 0.2) is 0 Å². The number of aromatic amines is 1. The maximum absolute atomic E-state index is 12.4. The second kappa shape index (κ2) is 6.72. The molecule has 3 aromatic rings. The molecule has 1 unspecified atom stereocenters. The van der Waals surface area contributed by atoms with Gasteiger partial charge in [-0.05, 0) is 43.2 Å². The fraction of sp³-hybridized carbons (Fsp3) is 0.389. The first-order valence-electron chi connectivity index (χ1n) is 8.48. The lowest BCUT2D eigenvalue weighted by molar-refractivity contribution is -0.121. The number of nitrogens with one attached hydrogen (secondary N) is 2. The Bertz CT molecular complexity index is 972. The van der Waals surface area contributed by atoms with Gasteiger partial charge in [-0.2, -0.15) is 0 Å². The van der Waals surface area contributed by atoms with E-state index in [0.717, 1.165) is 34.4 Å². The molecule has 1 aliphatic rings. The lowest BCUT2D eigenvalue weighted by Crippen LogP contribution is -2.26. The SMILES string of the molecule is CC(NC(=O)CCc1nc2sc3c(c2c(=O)[nH]1)CCC3)c1cccs1. The van der Waals surface area contributed by atoms with Gasteiger partial charge in [-0.15, -0.1) is 22.7 Å². The van der Waals surface area contributed by atoms with E-state index < -0.39 is 0 Å². The maximum Gasteiger partial charge on any atom is 0.259 e. The van der Waals surface area contributed by atoms with Gasteiger partial charge in [0.05, 0.1) is 11.4 Å². The van der Waals surface area contributed by atoms with Crippen LogP contribution in [0.1, 0.15) is 46.9 Å². The zero-order valence-electron chi connectivity index (χ0n) is 13.9. The molecule has 0 bridgehead atoms. The maximum atomic E-state index is 12.4. The third-order valence-corrected chi connectivity index (χ3v) is 6.80. The third kappa shape index (κ3) is 3.26. The number of aromatic nitrogens is 2. The fourth-order valence-corrected chi connectivity index (χ4v) is 5.33. The molecule has 1 aliphatic carbocycles. The minimum absolute atomic E-state index is 0.00209. The zero-order valence-corrected chi connectivity index (χ0v) is 15.6. The number of thiophene rings is 2. The number of hydrogen-bond acceptors (Lipinski definition) is 5. The molecule has 1 atom stereocenters. The van der Waals surface area contributed by atoms with Crippen molar-refractivity contribution in [3.8, 4) is 0 Å². The molecular formula is C18H19N3O2S2. The van der Waals surface area contributed by atoms with Gasteiger partial charge in [-0.1, -0.05) is 6.07 Å². The molecule has 0 aliphatic heterocycles. The molecule has 0 radical (unpaired) electrons. The molecule has 2 N–H and O–H groups in total. The van der Waals surface area contributed by atoms with Crippen LogP contribution in [0.3, 0.4) is 0 Å². The molecule has 0 spiro atoms. The zero-order chi connectivity index (χ0) is 17.4. The Morgan fingerprint density at radius 2 is 2.32 bits per heavy atom. The predicted molar refractivity (Wildman–Crippen MR) is 101 cm³/mol. The molecule has 3 heterocycles. The Morgan fingerprint density at radius 3 is 3.12 bits per heavy atom. The summed E-state index contributed by atoms with van der Waals surface area (Å²) in [5.41, 5.74) is 1.12. The first-order valence-corrected chi connectivity index (χ1v) is 10.2. The van der Waals surface area contributed by atoms with Crippen LogP contribution in [0.15, 0.2) is 22.3 Å². The highest BCUT2D eigenvalue weighted by Gasteiger charge is 2.21. The van der Waals surface area contributed by atoms with E-state index >= 15 is 0 Å². The van der Waals surface area contributed by atoms with E-state index in [1.165, 1.54) is 10.4 Å². The van der Waals surface area contributed by atoms with Crippen molar-refractivity contribution in [3.63, 3.8) is 0 Å². The van der Waals surface area contributed by atoms with Gasteiger partial charge in [0.25, 0.3) is 5.56 Å². The van der Waals surface area contributed by atoms with Gasteiger partial charge < -0.3 is 10.3 Å². The van der Waals surface area contributed by atoms with Gasteiger partial charge in [-0.3, -0.25) is 9.59 Å². The monoisotopic (exact) mass is 373 g/mol. The lowest BCUT2D eigenvalue weighted by Gasteiger charge is -2.11.